The second-order valence-corrected chi connectivity index (χ2v) is 8.59. The van der Waals surface area contributed by atoms with E-state index >= 15 is 0 Å². The Labute approximate surface area is 154 Å². The highest BCUT2D eigenvalue weighted by Crippen LogP contribution is 2.62. The molecule has 10 heteroatoms. The summed E-state index contributed by atoms with van der Waals surface area (Å²) in [5.41, 5.74) is -4.04. The average molecular weight is 373 g/mol. The highest BCUT2D eigenvalue weighted by atomic mass is 16.6. The number of nitrogens with one attached hydrogen (secondary N) is 1. The smallest absolute Gasteiger partial charge is 0.264 e. The van der Waals surface area contributed by atoms with Gasteiger partial charge in [-0.1, -0.05) is 18.2 Å². The fourth-order valence-electron chi connectivity index (χ4n) is 5.90. The fraction of sp³-hybridized carbons (Fsp3) is 0.588. The summed E-state index contributed by atoms with van der Waals surface area (Å²) in [4.78, 5) is 40.1. The molecule has 5 aliphatic rings. The molecule has 10 nitrogen and oxygen atoms in total. The molecular formula is C17H19N5O5. The largest absolute Gasteiger partial charge is 0.323 e. The van der Waals surface area contributed by atoms with E-state index in [1.54, 1.807) is 35.8 Å². The number of para-hydroxylation sites is 1. The van der Waals surface area contributed by atoms with Crippen LogP contribution < -0.4 is 5.32 Å². The number of hydrogen-bond donors (Lipinski definition) is 1. The lowest BCUT2D eigenvalue weighted by atomic mass is 9.52. The number of nitro groups is 2. The van der Waals surface area contributed by atoms with Gasteiger partial charge in [0.1, 0.15) is 5.41 Å². The van der Waals surface area contributed by atoms with E-state index in [1.807, 2.05) is 12.1 Å². The molecule has 4 fully saturated rings. The Hall–Kier alpha value is -2.59. The van der Waals surface area contributed by atoms with Crippen LogP contribution in [0.1, 0.15) is 19.4 Å². The maximum atomic E-state index is 13.1. The number of nitrogens with zero attached hydrogens (tertiary/aromatic N) is 4. The van der Waals surface area contributed by atoms with Gasteiger partial charge in [0.2, 0.25) is 0 Å². The van der Waals surface area contributed by atoms with Crippen molar-refractivity contribution in [3.8, 4) is 0 Å². The van der Waals surface area contributed by atoms with Gasteiger partial charge in [0.25, 0.3) is 17.0 Å². The van der Waals surface area contributed by atoms with E-state index in [0.29, 0.717) is 11.3 Å². The van der Waals surface area contributed by atoms with Crippen LogP contribution in [0.4, 0.5) is 5.69 Å². The zero-order chi connectivity index (χ0) is 19.4. The SMILES string of the molecule is CC1(C)C2([N+](=O)[O-])CN3CC1([N+](=O)[O-])CN(C2)C31C(=O)Nc2ccccc21. The van der Waals surface area contributed by atoms with E-state index < -0.39 is 22.2 Å². The molecule has 142 valence electrons. The third-order valence-corrected chi connectivity index (χ3v) is 7.62. The summed E-state index contributed by atoms with van der Waals surface area (Å²) in [6, 6.07) is 7.22. The Morgan fingerprint density at radius 2 is 1.44 bits per heavy atom. The van der Waals surface area contributed by atoms with Gasteiger partial charge in [-0.2, -0.15) is 0 Å². The first-order valence-electron chi connectivity index (χ1n) is 8.84. The fourth-order valence-corrected chi connectivity index (χ4v) is 5.90. The maximum Gasteiger partial charge on any atom is 0.264 e. The highest BCUT2D eigenvalue weighted by molar-refractivity contribution is 6.05. The van der Waals surface area contributed by atoms with E-state index in [1.165, 1.54) is 0 Å². The first kappa shape index (κ1) is 16.6. The van der Waals surface area contributed by atoms with Gasteiger partial charge in [0.15, 0.2) is 5.66 Å². The zero-order valence-electron chi connectivity index (χ0n) is 15.0. The third-order valence-electron chi connectivity index (χ3n) is 7.62. The lowest BCUT2D eigenvalue weighted by Crippen LogP contribution is -2.92. The van der Waals surface area contributed by atoms with Crippen LogP contribution in [0.15, 0.2) is 24.3 Å². The molecule has 4 bridgehead atoms. The van der Waals surface area contributed by atoms with Crippen molar-refractivity contribution in [3.63, 3.8) is 0 Å². The summed E-state index contributed by atoms with van der Waals surface area (Å²) in [5.74, 6) is -0.294. The van der Waals surface area contributed by atoms with Crippen LogP contribution >= 0.6 is 0 Å². The van der Waals surface area contributed by atoms with Crippen molar-refractivity contribution in [2.75, 3.05) is 31.5 Å². The third kappa shape index (κ3) is 1.44. The Bertz CT molecular complexity index is 876. The number of piperidine rings is 2. The second kappa shape index (κ2) is 4.45. The molecule has 5 aliphatic heterocycles. The molecule has 27 heavy (non-hydrogen) atoms. The second-order valence-electron chi connectivity index (χ2n) is 8.59. The molecule has 4 saturated heterocycles. The average Bonchev–Trinajstić information content (AvgIpc) is 2.87. The van der Waals surface area contributed by atoms with Crippen LogP contribution in [-0.2, 0) is 10.5 Å². The number of rotatable bonds is 2. The number of carbonyl (C=O) groups excluding carboxylic acids is 1. The number of anilines is 1. The first-order valence-corrected chi connectivity index (χ1v) is 8.84. The van der Waals surface area contributed by atoms with Crippen molar-refractivity contribution in [1.29, 1.82) is 0 Å². The summed E-state index contributed by atoms with van der Waals surface area (Å²) < 4.78 is 0. The monoisotopic (exact) mass is 373 g/mol. The minimum Gasteiger partial charge on any atom is -0.323 e. The molecule has 0 radical (unpaired) electrons. The van der Waals surface area contributed by atoms with Crippen LogP contribution in [0.2, 0.25) is 0 Å². The predicted molar refractivity (Wildman–Crippen MR) is 93.1 cm³/mol. The molecule has 0 atom stereocenters. The quantitative estimate of drug-likeness (QED) is 0.591. The number of benzene rings is 1. The van der Waals surface area contributed by atoms with Crippen LogP contribution in [0, 0.1) is 25.6 Å². The van der Waals surface area contributed by atoms with Crippen LogP contribution in [0.5, 0.6) is 0 Å². The number of carbonyl (C=O) groups is 1. The summed E-state index contributed by atoms with van der Waals surface area (Å²) in [6.45, 7) is 3.27. The summed E-state index contributed by atoms with van der Waals surface area (Å²) in [6.07, 6.45) is 0. The molecule has 0 unspecified atom stereocenters. The molecule has 1 aromatic carbocycles. The van der Waals surface area contributed by atoms with Crippen LogP contribution in [0.25, 0.3) is 0 Å². The van der Waals surface area contributed by atoms with Crippen molar-refractivity contribution < 1.29 is 14.6 Å². The molecule has 0 aromatic heterocycles. The lowest BCUT2D eigenvalue weighted by molar-refractivity contribution is -0.681. The van der Waals surface area contributed by atoms with Crippen LogP contribution in [0.3, 0.4) is 0 Å². The molecule has 0 saturated carbocycles. The van der Waals surface area contributed by atoms with E-state index in [0.717, 1.165) is 0 Å². The number of hydrogen-bond acceptors (Lipinski definition) is 7. The van der Waals surface area contributed by atoms with Gasteiger partial charge in [-0.3, -0.25) is 34.8 Å². The summed E-state index contributed by atoms with van der Waals surface area (Å²) in [5, 5.41) is 27.2. The molecule has 6 rings (SSSR count). The van der Waals surface area contributed by atoms with E-state index in [4.69, 9.17) is 0 Å². The molecule has 1 N–H and O–H groups in total. The van der Waals surface area contributed by atoms with Gasteiger partial charge < -0.3 is 5.32 Å². The van der Waals surface area contributed by atoms with Gasteiger partial charge in [-0.25, -0.2) is 0 Å². The topological polar surface area (TPSA) is 122 Å². The van der Waals surface area contributed by atoms with Crippen molar-refractivity contribution in [3.05, 3.63) is 50.1 Å². The normalized spacial score (nSPS) is 42.8. The molecule has 5 heterocycles. The number of amides is 1. The van der Waals surface area contributed by atoms with Crippen LogP contribution in [-0.4, -0.2) is 62.8 Å². The Kier molecular flexibility index (Phi) is 2.73. The first-order chi connectivity index (χ1) is 12.6. The van der Waals surface area contributed by atoms with E-state index in [9.17, 15) is 25.0 Å². The zero-order valence-corrected chi connectivity index (χ0v) is 15.0. The van der Waals surface area contributed by atoms with Crippen molar-refractivity contribution in [2.24, 2.45) is 5.41 Å². The highest BCUT2D eigenvalue weighted by Gasteiger charge is 2.85. The maximum absolute atomic E-state index is 13.1. The van der Waals surface area contributed by atoms with Gasteiger partial charge in [-0.15, -0.1) is 0 Å². The molecule has 1 spiro atoms. The Morgan fingerprint density at radius 3 is 1.93 bits per heavy atom. The minimum absolute atomic E-state index is 0.000838. The summed E-state index contributed by atoms with van der Waals surface area (Å²) in [7, 11) is 0. The molecule has 1 aromatic rings. The van der Waals surface area contributed by atoms with Crippen molar-refractivity contribution in [2.45, 2.75) is 30.6 Å². The van der Waals surface area contributed by atoms with Gasteiger partial charge in [0.05, 0.1) is 26.2 Å². The Morgan fingerprint density at radius 1 is 0.963 bits per heavy atom. The van der Waals surface area contributed by atoms with Crippen molar-refractivity contribution >= 4 is 11.6 Å². The van der Waals surface area contributed by atoms with Crippen molar-refractivity contribution in [1.82, 2.24) is 9.80 Å². The van der Waals surface area contributed by atoms with E-state index in [2.05, 4.69) is 5.32 Å². The summed E-state index contributed by atoms with van der Waals surface area (Å²) >= 11 is 0. The molecule has 0 aliphatic carbocycles. The van der Waals surface area contributed by atoms with Gasteiger partial charge in [0, 0.05) is 21.1 Å². The standard InChI is InChI=1S/C17H19N5O5/c1-14(2)15(21(24)25)7-19-9-16(14,22(26)27)10-20(8-15)17(19)11-5-3-4-6-12(11)18-13(17)23/h3-6H,7-10H2,1-2H3,(H,18,23). The molecule has 1 amide bonds. The minimum atomic E-state index is -1.51. The lowest BCUT2D eigenvalue weighted by Gasteiger charge is -2.68. The van der Waals surface area contributed by atoms with Gasteiger partial charge in [-0.05, 0) is 19.9 Å². The van der Waals surface area contributed by atoms with E-state index in [-0.39, 0.29) is 41.9 Å². The van der Waals surface area contributed by atoms with Gasteiger partial charge >= 0.3 is 0 Å². The molecular weight excluding hydrogens is 354 g/mol. The number of fused-ring (bicyclic) bond motifs is 1. The predicted octanol–water partition coefficient (Wildman–Crippen LogP) is 0.494. The Balaban J connectivity index is 1.77.